The topological polar surface area (TPSA) is 96.8 Å². The summed E-state index contributed by atoms with van der Waals surface area (Å²) >= 11 is 0. The summed E-state index contributed by atoms with van der Waals surface area (Å²) in [5, 5.41) is 17.7. The van der Waals surface area contributed by atoms with Crippen LogP contribution >= 0.6 is 0 Å². The number of carbonyl (C=O) groups is 1. The molecule has 2 aromatic heterocycles. The molecular formula is C23H29N9O. The molecule has 0 bridgehead atoms. The number of aryl methyl sites for hydroxylation is 3. The molecule has 0 saturated heterocycles. The standard InChI is InChI=1S/C23H29N9O/c1-8-31(9-2)16-10-11-17(14(3)12-16)24-19-20(23(33)29(5)6)28-32-21(25-26-22(19)32)18-13-15(4)30(7)27-18/h10-13H,8-9H2,1-7H3. The molecule has 0 spiro atoms. The molecule has 0 unspecified atom stereocenters. The first kappa shape index (κ1) is 22.4. The molecule has 1 aromatic carbocycles. The molecular weight excluding hydrogens is 418 g/mol. The van der Waals surface area contributed by atoms with Crippen LogP contribution in [0.1, 0.15) is 30.9 Å². The van der Waals surface area contributed by atoms with E-state index < -0.39 is 0 Å². The maximum absolute atomic E-state index is 13.0. The maximum atomic E-state index is 13.0. The molecule has 3 heterocycles. The fourth-order valence-electron chi connectivity index (χ4n) is 3.73. The van der Waals surface area contributed by atoms with E-state index >= 15 is 0 Å². The van der Waals surface area contributed by atoms with Gasteiger partial charge in [0.25, 0.3) is 5.91 Å². The van der Waals surface area contributed by atoms with Gasteiger partial charge in [-0.15, -0.1) is 10.2 Å². The van der Waals surface area contributed by atoms with Gasteiger partial charge in [0.2, 0.25) is 11.6 Å². The predicted octanol–water partition coefficient (Wildman–Crippen LogP) is 2.57. The predicted molar refractivity (Wildman–Crippen MR) is 129 cm³/mol. The highest BCUT2D eigenvalue weighted by atomic mass is 16.2. The Hall–Kier alpha value is -3.82. The van der Waals surface area contributed by atoms with Gasteiger partial charge in [0, 0.05) is 45.6 Å². The van der Waals surface area contributed by atoms with Crippen LogP contribution in [0.2, 0.25) is 0 Å². The Balaban J connectivity index is 1.82. The van der Waals surface area contributed by atoms with E-state index in [0.29, 0.717) is 23.1 Å². The molecule has 33 heavy (non-hydrogen) atoms. The third kappa shape index (κ3) is 3.92. The number of rotatable bonds is 6. The lowest BCUT2D eigenvalue weighted by atomic mass is 10.1. The van der Waals surface area contributed by atoms with Crippen molar-refractivity contribution in [2.75, 3.05) is 32.1 Å². The van der Waals surface area contributed by atoms with E-state index in [9.17, 15) is 4.79 Å². The number of aliphatic imine (C=N–C) groups is 1. The van der Waals surface area contributed by atoms with Crippen LogP contribution < -0.4 is 4.90 Å². The van der Waals surface area contributed by atoms with E-state index in [1.54, 1.807) is 23.5 Å². The molecule has 10 heteroatoms. The zero-order valence-corrected chi connectivity index (χ0v) is 20.2. The Morgan fingerprint density at radius 1 is 1.06 bits per heavy atom. The van der Waals surface area contributed by atoms with Gasteiger partial charge in [0.15, 0.2) is 5.71 Å². The molecule has 0 saturated carbocycles. The number of nitrogens with zero attached hydrogens (tertiary/aromatic N) is 9. The number of aromatic nitrogens is 5. The second kappa shape index (κ2) is 8.61. The Morgan fingerprint density at radius 2 is 1.76 bits per heavy atom. The van der Waals surface area contributed by atoms with Gasteiger partial charge in [-0.1, -0.05) is 0 Å². The first-order chi connectivity index (χ1) is 15.7. The third-order valence-corrected chi connectivity index (χ3v) is 5.77. The van der Waals surface area contributed by atoms with Crippen molar-refractivity contribution in [2.24, 2.45) is 17.1 Å². The Bertz CT molecular complexity index is 1260. The van der Waals surface area contributed by atoms with Crippen LogP contribution in [0.3, 0.4) is 0 Å². The number of hydrogen-bond donors (Lipinski definition) is 0. The van der Waals surface area contributed by atoms with Crippen LogP contribution in [0.4, 0.5) is 11.4 Å². The minimum Gasteiger partial charge on any atom is -0.372 e. The van der Waals surface area contributed by atoms with Crippen molar-refractivity contribution >= 4 is 28.7 Å². The minimum atomic E-state index is -0.250. The lowest BCUT2D eigenvalue weighted by Gasteiger charge is -2.21. The molecule has 3 aromatic rings. The average Bonchev–Trinajstić information content (AvgIpc) is 3.44. The molecule has 0 aliphatic carbocycles. The fraction of sp³-hybridized carbons (Fsp3) is 0.391. The molecule has 0 atom stereocenters. The van der Waals surface area contributed by atoms with Crippen LogP contribution in [0.15, 0.2) is 34.4 Å². The monoisotopic (exact) mass is 447 g/mol. The van der Waals surface area contributed by atoms with Crippen LogP contribution in [0.5, 0.6) is 0 Å². The van der Waals surface area contributed by atoms with Gasteiger partial charge >= 0.3 is 0 Å². The first-order valence-electron chi connectivity index (χ1n) is 11.0. The summed E-state index contributed by atoms with van der Waals surface area (Å²) in [4.78, 5) is 21.5. The average molecular weight is 448 g/mol. The highest BCUT2D eigenvalue weighted by molar-refractivity contribution is 6.70. The quantitative estimate of drug-likeness (QED) is 0.579. The van der Waals surface area contributed by atoms with Crippen molar-refractivity contribution in [1.29, 1.82) is 0 Å². The summed E-state index contributed by atoms with van der Waals surface area (Å²) in [5.74, 6) is 0.641. The van der Waals surface area contributed by atoms with Crippen LogP contribution in [0.25, 0.3) is 11.5 Å². The Morgan fingerprint density at radius 3 is 2.33 bits per heavy atom. The first-order valence-corrected chi connectivity index (χ1v) is 11.0. The maximum Gasteiger partial charge on any atom is 0.276 e. The zero-order valence-electron chi connectivity index (χ0n) is 20.2. The molecule has 172 valence electrons. The number of fused-ring (bicyclic) bond motifs is 1. The van der Waals surface area contributed by atoms with Gasteiger partial charge in [0.05, 0.1) is 5.69 Å². The van der Waals surface area contributed by atoms with Gasteiger partial charge in [0.1, 0.15) is 11.4 Å². The number of amides is 1. The summed E-state index contributed by atoms with van der Waals surface area (Å²) in [5.41, 5.74) is 5.14. The summed E-state index contributed by atoms with van der Waals surface area (Å²) < 4.78 is 3.31. The van der Waals surface area contributed by atoms with E-state index in [2.05, 4.69) is 45.2 Å². The van der Waals surface area contributed by atoms with Crippen LogP contribution in [0, 0.1) is 13.8 Å². The smallest absolute Gasteiger partial charge is 0.276 e. The summed E-state index contributed by atoms with van der Waals surface area (Å²) in [6.07, 6.45) is 0. The fourth-order valence-corrected chi connectivity index (χ4v) is 3.73. The van der Waals surface area contributed by atoms with E-state index in [1.807, 2.05) is 39.1 Å². The molecule has 10 nitrogen and oxygen atoms in total. The van der Waals surface area contributed by atoms with E-state index in [1.165, 1.54) is 4.90 Å². The second-order valence-electron chi connectivity index (χ2n) is 8.21. The number of hydrogen-bond acceptors (Lipinski definition) is 7. The van der Waals surface area contributed by atoms with Crippen molar-refractivity contribution in [3.8, 4) is 11.5 Å². The molecule has 1 aliphatic heterocycles. The minimum absolute atomic E-state index is 0.228. The molecule has 1 amide bonds. The van der Waals surface area contributed by atoms with E-state index in [0.717, 1.165) is 35.7 Å². The van der Waals surface area contributed by atoms with Gasteiger partial charge < -0.3 is 9.80 Å². The number of carbonyl (C=O) groups excluding carboxylic acids is 1. The molecule has 1 aliphatic rings. The molecule has 4 rings (SSSR count). The number of benzene rings is 1. The van der Waals surface area contributed by atoms with Crippen molar-refractivity contribution in [2.45, 2.75) is 27.7 Å². The van der Waals surface area contributed by atoms with Crippen molar-refractivity contribution in [3.05, 3.63) is 41.3 Å². The third-order valence-electron chi connectivity index (χ3n) is 5.77. The van der Waals surface area contributed by atoms with E-state index in [-0.39, 0.29) is 11.6 Å². The van der Waals surface area contributed by atoms with Crippen molar-refractivity contribution in [1.82, 2.24) is 29.6 Å². The zero-order chi connectivity index (χ0) is 23.9. The second-order valence-corrected chi connectivity index (χ2v) is 8.21. The summed E-state index contributed by atoms with van der Waals surface area (Å²) in [6, 6.07) is 8.03. The SMILES string of the molecule is CCN(CC)c1ccc(N=C2C(C(=O)N(C)C)=Nn3c2nnc3-c2cc(C)n(C)n2)c(C)c1. The van der Waals surface area contributed by atoms with Crippen molar-refractivity contribution in [3.63, 3.8) is 0 Å². The van der Waals surface area contributed by atoms with Crippen molar-refractivity contribution < 1.29 is 4.79 Å². The lowest BCUT2D eigenvalue weighted by molar-refractivity contribution is -0.121. The summed E-state index contributed by atoms with van der Waals surface area (Å²) in [6.45, 7) is 10.1. The van der Waals surface area contributed by atoms with Gasteiger partial charge in [-0.05, 0) is 57.5 Å². The largest absolute Gasteiger partial charge is 0.372 e. The van der Waals surface area contributed by atoms with Gasteiger partial charge in [-0.25, -0.2) is 4.99 Å². The summed E-state index contributed by atoms with van der Waals surface area (Å²) in [7, 11) is 5.24. The number of anilines is 1. The lowest BCUT2D eigenvalue weighted by Crippen LogP contribution is -2.34. The Labute approximate surface area is 193 Å². The highest BCUT2D eigenvalue weighted by Crippen LogP contribution is 2.28. The Kier molecular flexibility index (Phi) is 5.84. The van der Waals surface area contributed by atoms with Gasteiger partial charge in [-0.3, -0.25) is 9.48 Å². The molecule has 0 N–H and O–H groups in total. The molecule has 0 radical (unpaired) electrons. The van der Waals surface area contributed by atoms with E-state index in [4.69, 9.17) is 4.99 Å². The van der Waals surface area contributed by atoms with Crippen LogP contribution in [-0.4, -0.2) is 74.1 Å². The van der Waals surface area contributed by atoms with Gasteiger partial charge in [-0.2, -0.15) is 14.9 Å². The normalized spacial score (nSPS) is 13.9. The van der Waals surface area contributed by atoms with Crippen LogP contribution in [-0.2, 0) is 11.8 Å². The highest BCUT2D eigenvalue weighted by Gasteiger charge is 2.34. The molecule has 0 fully saturated rings.